The molecule has 3 N–H and O–H groups in total. The number of nitrogens with one attached hydrogen (secondary N) is 1. The number of rotatable bonds is 3. The van der Waals surface area contributed by atoms with Gasteiger partial charge in [0.05, 0.1) is 29.1 Å². The zero-order chi connectivity index (χ0) is 14.0. The van der Waals surface area contributed by atoms with Crippen LogP contribution in [0.15, 0.2) is 17.5 Å². The van der Waals surface area contributed by atoms with Crippen LogP contribution in [0.25, 0.3) is 0 Å². The first-order chi connectivity index (χ1) is 9.01. The van der Waals surface area contributed by atoms with Crippen molar-refractivity contribution >= 4 is 45.4 Å². The molecular weight excluding hydrogens is 286 g/mol. The van der Waals surface area contributed by atoms with Gasteiger partial charge in [-0.2, -0.15) is 0 Å². The first kappa shape index (κ1) is 13.6. The Morgan fingerprint density at radius 2 is 2.26 bits per heavy atom. The number of thiazole rings is 1. The lowest BCUT2D eigenvalue weighted by Gasteiger charge is -2.11. The van der Waals surface area contributed by atoms with Crippen molar-refractivity contribution in [3.63, 3.8) is 0 Å². The molecule has 0 atom stereocenters. The van der Waals surface area contributed by atoms with Gasteiger partial charge in [0.25, 0.3) is 0 Å². The third kappa shape index (κ3) is 2.97. The number of aryl methyl sites for hydroxylation is 1. The number of anilines is 3. The summed E-state index contributed by atoms with van der Waals surface area (Å²) < 4.78 is 4.72. The number of carbonyl (C=O) groups excluding carboxylic acids is 1. The van der Waals surface area contributed by atoms with E-state index in [1.807, 2.05) is 12.3 Å². The molecule has 7 heteroatoms. The number of methoxy groups -OCH3 is 1. The van der Waals surface area contributed by atoms with E-state index < -0.39 is 5.97 Å². The highest BCUT2D eigenvalue weighted by atomic mass is 35.5. The first-order valence-corrected chi connectivity index (χ1v) is 6.63. The van der Waals surface area contributed by atoms with Gasteiger partial charge in [0.2, 0.25) is 0 Å². The number of carbonyl (C=O) groups is 1. The van der Waals surface area contributed by atoms with Crippen molar-refractivity contribution in [1.29, 1.82) is 0 Å². The second kappa shape index (κ2) is 5.46. The molecule has 0 aliphatic heterocycles. The molecule has 0 spiro atoms. The summed E-state index contributed by atoms with van der Waals surface area (Å²) in [6.45, 7) is 1.88. The fourth-order valence-electron chi connectivity index (χ4n) is 1.54. The number of aromatic nitrogens is 1. The summed E-state index contributed by atoms with van der Waals surface area (Å²) in [4.78, 5) is 16.0. The molecule has 0 bridgehead atoms. The summed E-state index contributed by atoms with van der Waals surface area (Å²) in [5.41, 5.74) is 7.69. The number of ether oxygens (including phenoxy) is 1. The monoisotopic (exact) mass is 297 g/mol. The van der Waals surface area contributed by atoms with E-state index in [0.29, 0.717) is 21.5 Å². The topological polar surface area (TPSA) is 77.2 Å². The van der Waals surface area contributed by atoms with Crippen molar-refractivity contribution in [2.45, 2.75) is 6.92 Å². The maximum atomic E-state index is 11.7. The van der Waals surface area contributed by atoms with Crippen LogP contribution in [-0.4, -0.2) is 18.1 Å². The number of nitrogen functional groups attached to an aromatic ring is 1. The van der Waals surface area contributed by atoms with Crippen LogP contribution in [0.3, 0.4) is 0 Å². The van der Waals surface area contributed by atoms with Crippen molar-refractivity contribution in [2.24, 2.45) is 0 Å². The van der Waals surface area contributed by atoms with Gasteiger partial charge < -0.3 is 15.8 Å². The quantitative estimate of drug-likeness (QED) is 0.672. The smallest absolute Gasteiger partial charge is 0.340 e. The highest BCUT2D eigenvalue weighted by Crippen LogP contribution is 2.33. The van der Waals surface area contributed by atoms with E-state index in [4.69, 9.17) is 22.1 Å². The van der Waals surface area contributed by atoms with Gasteiger partial charge in [-0.3, -0.25) is 0 Å². The third-order valence-electron chi connectivity index (χ3n) is 2.37. The Morgan fingerprint density at radius 1 is 1.53 bits per heavy atom. The molecule has 0 amide bonds. The fraction of sp³-hybridized carbons (Fsp3) is 0.167. The lowest BCUT2D eigenvalue weighted by molar-refractivity contribution is 0.0602. The molecule has 1 aromatic carbocycles. The molecule has 1 aromatic heterocycles. The average molecular weight is 298 g/mol. The van der Waals surface area contributed by atoms with Gasteiger partial charge in [-0.15, -0.1) is 11.3 Å². The molecule has 0 aliphatic carbocycles. The Hall–Kier alpha value is -1.79. The van der Waals surface area contributed by atoms with Gasteiger partial charge in [-0.25, -0.2) is 9.78 Å². The molecule has 1 heterocycles. The van der Waals surface area contributed by atoms with Crippen molar-refractivity contribution in [2.75, 3.05) is 18.2 Å². The normalized spacial score (nSPS) is 10.3. The lowest BCUT2D eigenvalue weighted by atomic mass is 10.1. The van der Waals surface area contributed by atoms with E-state index in [9.17, 15) is 4.79 Å². The van der Waals surface area contributed by atoms with E-state index in [1.165, 1.54) is 24.5 Å². The van der Waals surface area contributed by atoms with Gasteiger partial charge in [0, 0.05) is 11.1 Å². The molecule has 2 rings (SSSR count). The first-order valence-electron chi connectivity index (χ1n) is 5.37. The summed E-state index contributed by atoms with van der Waals surface area (Å²) in [5.74, 6) is -0.509. The molecule has 100 valence electrons. The number of benzene rings is 1. The minimum atomic E-state index is -0.509. The molecule has 0 unspecified atom stereocenters. The van der Waals surface area contributed by atoms with E-state index in [2.05, 4.69) is 10.3 Å². The number of hydrogen-bond donors (Lipinski definition) is 2. The minimum absolute atomic E-state index is 0.278. The molecule has 0 radical (unpaired) electrons. The Bertz CT molecular complexity index is 627. The predicted octanol–water partition coefficient (Wildman–Crippen LogP) is 3.22. The van der Waals surface area contributed by atoms with Gasteiger partial charge in [0.1, 0.15) is 0 Å². The summed E-state index contributed by atoms with van der Waals surface area (Å²) in [6.07, 6.45) is 0. The second-order valence-corrected chi connectivity index (χ2v) is 5.10. The van der Waals surface area contributed by atoms with Crippen LogP contribution in [-0.2, 0) is 4.74 Å². The molecule has 19 heavy (non-hydrogen) atoms. The van der Waals surface area contributed by atoms with Crippen LogP contribution in [0.5, 0.6) is 0 Å². The van der Waals surface area contributed by atoms with E-state index in [0.717, 1.165) is 5.69 Å². The highest BCUT2D eigenvalue weighted by Gasteiger charge is 2.17. The number of halogens is 1. The number of nitrogens with two attached hydrogens (primary N) is 1. The summed E-state index contributed by atoms with van der Waals surface area (Å²) >= 11 is 7.54. The Morgan fingerprint density at radius 3 is 2.84 bits per heavy atom. The highest BCUT2D eigenvalue weighted by molar-refractivity contribution is 7.13. The van der Waals surface area contributed by atoms with Crippen LogP contribution in [0.4, 0.5) is 16.5 Å². The fourth-order valence-corrected chi connectivity index (χ4v) is 2.51. The maximum Gasteiger partial charge on any atom is 0.340 e. The van der Waals surface area contributed by atoms with Gasteiger partial charge in [-0.1, -0.05) is 11.6 Å². The Kier molecular flexibility index (Phi) is 3.92. The standard InChI is InChI=1S/C12H12ClN3O2S/c1-6-5-19-12(15-6)16-10-8(11(17)18-2)3-7(14)4-9(10)13/h3-5H,14H2,1-2H3,(H,15,16). The van der Waals surface area contributed by atoms with Crippen LogP contribution >= 0.6 is 22.9 Å². The third-order valence-corrected chi connectivity index (χ3v) is 3.54. The Labute approximate surface area is 119 Å². The van der Waals surface area contributed by atoms with Crippen molar-refractivity contribution < 1.29 is 9.53 Å². The van der Waals surface area contributed by atoms with E-state index >= 15 is 0 Å². The van der Waals surface area contributed by atoms with Gasteiger partial charge >= 0.3 is 5.97 Å². The zero-order valence-electron chi connectivity index (χ0n) is 10.4. The minimum Gasteiger partial charge on any atom is -0.465 e. The summed E-state index contributed by atoms with van der Waals surface area (Å²) in [6, 6.07) is 3.08. The zero-order valence-corrected chi connectivity index (χ0v) is 11.9. The maximum absolute atomic E-state index is 11.7. The SMILES string of the molecule is COC(=O)c1cc(N)cc(Cl)c1Nc1nc(C)cs1. The number of nitrogens with zero attached hydrogens (tertiary/aromatic N) is 1. The summed E-state index contributed by atoms with van der Waals surface area (Å²) in [7, 11) is 1.30. The van der Waals surface area contributed by atoms with Crippen LogP contribution < -0.4 is 11.1 Å². The Balaban J connectivity index is 2.45. The van der Waals surface area contributed by atoms with E-state index in [1.54, 1.807) is 6.07 Å². The summed E-state index contributed by atoms with van der Waals surface area (Å²) in [5, 5.41) is 5.91. The average Bonchev–Trinajstić information content (AvgIpc) is 2.77. The lowest BCUT2D eigenvalue weighted by Crippen LogP contribution is -2.07. The number of esters is 1. The molecular formula is C12H12ClN3O2S. The van der Waals surface area contributed by atoms with Gasteiger partial charge in [0.15, 0.2) is 5.13 Å². The van der Waals surface area contributed by atoms with Gasteiger partial charge in [-0.05, 0) is 19.1 Å². The molecule has 2 aromatic rings. The van der Waals surface area contributed by atoms with Crippen LogP contribution in [0, 0.1) is 6.92 Å². The molecule has 0 fully saturated rings. The second-order valence-electron chi connectivity index (χ2n) is 3.84. The van der Waals surface area contributed by atoms with Crippen LogP contribution in [0.1, 0.15) is 16.1 Å². The molecule has 0 saturated carbocycles. The largest absolute Gasteiger partial charge is 0.465 e. The van der Waals surface area contributed by atoms with Crippen molar-refractivity contribution in [3.05, 3.63) is 33.8 Å². The molecule has 5 nitrogen and oxygen atoms in total. The van der Waals surface area contributed by atoms with E-state index in [-0.39, 0.29) is 5.56 Å². The molecule has 0 aliphatic rings. The molecule has 0 saturated heterocycles. The number of hydrogen-bond acceptors (Lipinski definition) is 6. The van der Waals surface area contributed by atoms with Crippen molar-refractivity contribution in [3.8, 4) is 0 Å². The predicted molar refractivity (Wildman–Crippen MR) is 77.3 cm³/mol. The van der Waals surface area contributed by atoms with Crippen LogP contribution in [0.2, 0.25) is 5.02 Å². The van der Waals surface area contributed by atoms with Crippen molar-refractivity contribution in [1.82, 2.24) is 4.98 Å².